The summed E-state index contributed by atoms with van der Waals surface area (Å²) in [5.41, 5.74) is 3.09. The Morgan fingerprint density at radius 2 is 0.947 bits per heavy atom. The monoisotopic (exact) mass is 510 g/mol. The van der Waals surface area contributed by atoms with Crippen molar-refractivity contribution in [3.8, 4) is 0 Å². The number of nitrogens with one attached hydrogen (secondary N) is 2. The molecule has 192 valence electrons. The molecule has 8 nitrogen and oxygen atoms in total. The van der Waals surface area contributed by atoms with Gasteiger partial charge in [0.15, 0.2) is 0 Å². The van der Waals surface area contributed by atoms with Gasteiger partial charge >= 0.3 is 11.9 Å². The molecule has 0 saturated heterocycles. The minimum Gasteiger partial charge on any atom is -0.478 e. The number of hydrogen-bond acceptors (Lipinski definition) is 4. The number of aromatic carboxylic acids is 2. The minimum absolute atomic E-state index is 0.0385. The van der Waals surface area contributed by atoms with Gasteiger partial charge in [0.25, 0.3) is 11.8 Å². The molecule has 2 amide bonds. The molecule has 0 aromatic heterocycles. The van der Waals surface area contributed by atoms with E-state index in [1.807, 2.05) is 62.4 Å². The Morgan fingerprint density at radius 1 is 0.579 bits per heavy atom. The lowest BCUT2D eigenvalue weighted by molar-refractivity contribution is 0.0684. The Kier molecular flexibility index (Phi) is 7.53. The normalized spacial score (nSPS) is 10.7. The van der Waals surface area contributed by atoms with Crippen molar-refractivity contribution < 1.29 is 29.4 Å². The average Bonchev–Trinajstić information content (AvgIpc) is 2.89. The largest absolute Gasteiger partial charge is 0.478 e. The summed E-state index contributed by atoms with van der Waals surface area (Å²) in [6.45, 7) is 4.21. The second-order valence-corrected chi connectivity index (χ2v) is 9.03. The fourth-order valence-corrected chi connectivity index (χ4v) is 4.43. The Bertz CT molecular complexity index is 1470. The van der Waals surface area contributed by atoms with Crippen molar-refractivity contribution in [1.29, 1.82) is 0 Å². The van der Waals surface area contributed by atoms with Crippen molar-refractivity contribution in [3.05, 3.63) is 117 Å². The zero-order valence-electron chi connectivity index (χ0n) is 20.9. The summed E-state index contributed by atoms with van der Waals surface area (Å²) in [5.74, 6) is -3.88. The Balaban J connectivity index is 1.78. The van der Waals surface area contributed by atoms with Crippen LogP contribution in [0.2, 0.25) is 0 Å². The van der Waals surface area contributed by atoms with Gasteiger partial charge in [0.1, 0.15) is 0 Å². The third-order valence-corrected chi connectivity index (χ3v) is 6.18. The molecule has 0 radical (unpaired) electrons. The van der Waals surface area contributed by atoms with Crippen LogP contribution in [0.1, 0.15) is 63.7 Å². The van der Waals surface area contributed by atoms with E-state index in [4.69, 9.17) is 0 Å². The molecule has 8 heteroatoms. The van der Waals surface area contributed by atoms with E-state index in [1.165, 1.54) is 12.1 Å². The standard InChI is InChI=1S/C30H26N2O6/c1-17-5-3-7-19(13-17)15-31-27(33)21-9-10-22(28(34)32-16-20-8-4-6-18(2)14-20)26-24(30(37)38)12-11-23(25(21)26)29(35)36/h3-14H,15-16H2,1-2H3,(H,31,33)(H,32,34)(H,35,36)(H,37,38). The van der Waals surface area contributed by atoms with Crippen LogP contribution in [0.15, 0.2) is 72.8 Å². The minimum atomic E-state index is -1.35. The van der Waals surface area contributed by atoms with Gasteiger partial charge in [0, 0.05) is 35.0 Å². The highest BCUT2D eigenvalue weighted by molar-refractivity contribution is 6.23. The van der Waals surface area contributed by atoms with Crippen LogP contribution in [0.25, 0.3) is 10.8 Å². The molecule has 0 unspecified atom stereocenters. The maximum atomic E-state index is 13.2. The predicted octanol–water partition coefficient (Wildman–Crippen LogP) is 4.71. The van der Waals surface area contributed by atoms with E-state index in [0.29, 0.717) is 0 Å². The van der Waals surface area contributed by atoms with Crippen molar-refractivity contribution in [2.24, 2.45) is 0 Å². The lowest BCUT2D eigenvalue weighted by atomic mass is 9.90. The first-order valence-electron chi connectivity index (χ1n) is 11.9. The predicted molar refractivity (Wildman–Crippen MR) is 143 cm³/mol. The fraction of sp³-hybridized carbons (Fsp3) is 0.133. The van der Waals surface area contributed by atoms with Gasteiger partial charge in [0.2, 0.25) is 0 Å². The summed E-state index contributed by atoms with van der Waals surface area (Å²) in [6.07, 6.45) is 0. The van der Waals surface area contributed by atoms with Gasteiger partial charge in [0.05, 0.1) is 11.1 Å². The topological polar surface area (TPSA) is 133 Å². The Morgan fingerprint density at radius 3 is 1.29 bits per heavy atom. The number of hydrogen-bond donors (Lipinski definition) is 4. The fourth-order valence-electron chi connectivity index (χ4n) is 4.43. The van der Waals surface area contributed by atoms with Crippen LogP contribution in [-0.4, -0.2) is 34.0 Å². The summed E-state index contributed by atoms with van der Waals surface area (Å²) < 4.78 is 0. The average molecular weight is 511 g/mol. The van der Waals surface area contributed by atoms with Crippen LogP contribution in [0.4, 0.5) is 0 Å². The van der Waals surface area contributed by atoms with Gasteiger partial charge in [-0.1, -0.05) is 59.7 Å². The van der Waals surface area contributed by atoms with Crippen LogP contribution in [-0.2, 0) is 13.1 Å². The van der Waals surface area contributed by atoms with Gasteiger partial charge < -0.3 is 20.8 Å². The SMILES string of the molecule is Cc1cccc(CNC(=O)c2ccc(C(=O)NCc3cccc(C)c3)c3c(C(=O)O)ccc(C(=O)O)c23)c1. The van der Waals surface area contributed by atoms with Crippen molar-refractivity contribution in [1.82, 2.24) is 10.6 Å². The number of fused-ring (bicyclic) bond motifs is 1. The number of carboxylic acid groups (broad SMARTS) is 2. The van der Waals surface area contributed by atoms with Crippen LogP contribution < -0.4 is 10.6 Å². The number of carbonyl (C=O) groups excluding carboxylic acids is 2. The quantitative estimate of drug-likeness (QED) is 0.271. The smallest absolute Gasteiger partial charge is 0.336 e. The summed E-state index contributed by atoms with van der Waals surface area (Å²) in [5, 5.41) is 25.1. The molecule has 4 aromatic rings. The van der Waals surface area contributed by atoms with Crippen molar-refractivity contribution in [2.45, 2.75) is 26.9 Å². The van der Waals surface area contributed by atoms with Gasteiger partial charge in [-0.25, -0.2) is 9.59 Å². The molecule has 0 fully saturated rings. The van der Waals surface area contributed by atoms with E-state index < -0.39 is 23.8 Å². The van der Waals surface area contributed by atoms with Gasteiger partial charge in [-0.2, -0.15) is 0 Å². The molecule has 0 spiro atoms. The highest BCUT2D eigenvalue weighted by Crippen LogP contribution is 2.31. The molecule has 0 bridgehead atoms. The molecule has 38 heavy (non-hydrogen) atoms. The summed E-state index contributed by atoms with van der Waals surface area (Å²) >= 11 is 0. The van der Waals surface area contributed by atoms with E-state index in [9.17, 15) is 29.4 Å². The molecule has 0 heterocycles. The van der Waals surface area contributed by atoms with Crippen LogP contribution in [0.3, 0.4) is 0 Å². The Hall–Kier alpha value is -4.98. The third kappa shape index (κ3) is 5.54. The van der Waals surface area contributed by atoms with E-state index in [1.54, 1.807) is 0 Å². The maximum absolute atomic E-state index is 13.2. The van der Waals surface area contributed by atoms with E-state index in [-0.39, 0.29) is 46.1 Å². The van der Waals surface area contributed by atoms with Crippen LogP contribution >= 0.6 is 0 Å². The number of rotatable bonds is 8. The van der Waals surface area contributed by atoms with E-state index in [0.717, 1.165) is 34.4 Å². The molecule has 0 aliphatic heterocycles. The van der Waals surface area contributed by atoms with Gasteiger partial charge in [-0.05, 0) is 49.2 Å². The maximum Gasteiger partial charge on any atom is 0.336 e. The molecule has 4 aromatic carbocycles. The van der Waals surface area contributed by atoms with E-state index >= 15 is 0 Å². The number of aryl methyl sites for hydroxylation is 2. The van der Waals surface area contributed by atoms with Crippen molar-refractivity contribution >= 4 is 34.5 Å². The Labute approximate surface area is 218 Å². The molecule has 4 rings (SSSR count). The van der Waals surface area contributed by atoms with Gasteiger partial charge in [-0.3, -0.25) is 9.59 Å². The first-order valence-corrected chi connectivity index (χ1v) is 11.9. The zero-order valence-corrected chi connectivity index (χ0v) is 20.9. The summed E-state index contributed by atoms with van der Waals surface area (Å²) in [7, 11) is 0. The highest BCUT2D eigenvalue weighted by atomic mass is 16.4. The number of carbonyl (C=O) groups is 4. The first kappa shape index (κ1) is 26.1. The molecule has 0 atom stereocenters. The zero-order chi connectivity index (χ0) is 27.4. The van der Waals surface area contributed by atoms with Crippen molar-refractivity contribution in [2.75, 3.05) is 0 Å². The van der Waals surface area contributed by atoms with Gasteiger partial charge in [-0.15, -0.1) is 0 Å². The second kappa shape index (κ2) is 11.0. The second-order valence-electron chi connectivity index (χ2n) is 9.03. The van der Waals surface area contributed by atoms with E-state index in [2.05, 4.69) is 10.6 Å². The molecule has 0 saturated carbocycles. The lowest BCUT2D eigenvalue weighted by Crippen LogP contribution is -2.26. The first-order chi connectivity index (χ1) is 18.2. The number of carboxylic acids is 2. The molecular weight excluding hydrogens is 484 g/mol. The highest BCUT2D eigenvalue weighted by Gasteiger charge is 2.25. The lowest BCUT2D eigenvalue weighted by Gasteiger charge is -2.16. The molecule has 0 aliphatic rings. The third-order valence-electron chi connectivity index (χ3n) is 6.18. The molecule has 0 aliphatic carbocycles. The van der Waals surface area contributed by atoms with Crippen LogP contribution in [0, 0.1) is 13.8 Å². The summed E-state index contributed by atoms with van der Waals surface area (Å²) in [6, 6.07) is 20.1. The van der Waals surface area contributed by atoms with Crippen molar-refractivity contribution in [3.63, 3.8) is 0 Å². The summed E-state index contributed by atoms with van der Waals surface area (Å²) in [4.78, 5) is 50.8. The molecule has 4 N–H and O–H groups in total. The number of benzene rings is 4. The molecular formula is C30H26N2O6. The number of amides is 2. The van der Waals surface area contributed by atoms with Crippen LogP contribution in [0.5, 0.6) is 0 Å².